The monoisotopic (exact) mass is 347 g/mol. The van der Waals surface area contributed by atoms with Crippen molar-refractivity contribution in [3.63, 3.8) is 0 Å². The summed E-state index contributed by atoms with van der Waals surface area (Å²) in [6.07, 6.45) is 10.3. The van der Waals surface area contributed by atoms with Crippen LogP contribution in [0.25, 0.3) is 0 Å². The second-order valence-electron chi connectivity index (χ2n) is 6.86. The number of hydrogen-bond acceptors (Lipinski definition) is 6. The van der Waals surface area contributed by atoms with Gasteiger partial charge in [-0.1, -0.05) is 19.3 Å². The van der Waals surface area contributed by atoms with Crippen LogP contribution in [0.4, 0.5) is 0 Å². The van der Waals surface area contributed by atoms with E-state index in [0.29, 0.717) is 5.92 Å². The van der Waals surface area contributed by atoms with E-state index in [1.807, 2.05) is 16.0 Å². The normalized spacial score (nSPS) is 23.6. The maximum atomic E-state index is 5.87. The Balaban J connectivity index is 1.32. The summed E-state index contributed by atoms with van der Waals surface area (Å²) in [5.41, 5.74) is 1.22. The molecule has 0 radical (unpaired) electrons. The first-order chi connectivity index (χ1) is 11.9. The average molecular weight is 347 g/mol. The number of aromatic nitrogens is 4. The van der Waals surface area contributed by atoms with Crippen molar-refractivity contribution in [2.45, 2.75) is 57.2 Å². The average Bonchev–Trinajstić information content (AvgIpc) is 3.28. The predicted molar refractivity (Wildman–Crippen MR) is 93.0 cm³/mol. The van der Waals surface area contributed by atoms with E-state index in [-0.39, 0.29) is 6.10 Å². The molecule has 2 aromatic heterocycles. The molecule has 1 aliphatic carbocycles. The summed E-state index contributed by atoms with van der Waals surface area (Å²) in [6, 6.07) is 0. The molecule has 4 rings (SSSR count). The molecule has 2 aromatic rings. The molecule has 0 aromatic carbocycles. The molecule has 0 amide bonds. The molecule has 0 unspecified atom stereocenters. The molecule has 1 atom stereocenters. The fraction of sp³-hybridized carbons (Fsp3) is 0.706. The number of thiazole rings is 1. The highest BCUT2D eigenvalue weighted by atomic mass is 32.1. The van der Waals surface area contributed by atoms with Crippen molar-refractivity contribution >= 4 is 11.3 Å². The molecule has 3 heterocycles. The lowest BCUT2D eigenvalue weighted by atomic mass is 9.90. The van der Waals surface area contributed by atoms with Crippen LogP contribution in [0.1, 0.15) is 48.7 Å². The van der Waals surface area contributed by atoms with Gasteiger partial charge in [-0.05, 0) is 12.8 Å². The number of morpholine rings is 1. The molecule has 1 aliphatic heterocycles. The second-order valence-corrected chi connectivity index (χ2v) is 7.75. The minimum absolute atomic E-state index is 0.178. The van der Waals surface area contributed by atoms with Gasteiger partial charge in [0.05, 0.1) is 30.0 Å². The van der Waals surface area contributed by atoms with E-state index >= 15 is 0 Å². The van der Waals surface area contributed by atoms with Crippen molar-refractivity contribution < 1.29 is 4.74 Å². The molecule has 1 saturated heterocycles. The topological polar surface area (TPSA) is 56.1 Å². The number of nitrogens with zero attached hydrogens (tertiary/aromatic N) is 5. The molecule has 1 saturated carbocycles. The van der Waals surface area contributed by atoms with Crippen molar-refractivity contribution in [1.29, 1.82) is 0 Å². The summed E-state index contributed by atoms with van der Waals surface area (Å²) in [6.45, 7) is 4.38. The Morgan fingerprint density at radius 1 is 1.25 bits per heavy atom. The molecule has 7 heteroatoms. The third-order valence-corrected chi connectivity index (χ3v) is 6.05. The molecule has 24 heavy (non-hydrogen) atoms. The summed E-state index contributed by atoms with van der Waals surface area (Å²) < 4.78 is 7.72. The van der Waals surface area contributed by atoms with E-state index in [1.165, 1.54) is 42.8 Å². The van der Waals surface area contributed by atoms with Crippen LogP contribution in [-0.4, -0.2) is 50.4 Å². The smallest absolute Gasteiger partial charge is 0.137 e. The number of hydrogen-bond donors (Lipinski definition) is 0. The first-order valence-corrected chi connectivity index (χ1v) is 9.85. The molecule has 0 bridgehead atoms. The highest BCUT2D eigenvalue weighted by molar-refractivity contribution is 7.09. The van der Waals surface area contributed by atoms with Crippen LogP contribution in [0.5, 0.6) is 0 Å². The summed E-state index contributed by atoms with van der Waals surface area (Å²) in [4.78, 5) is 11.4. The van der Waals surface area contributed by atoms with Gasteiger partial charge in [0.1, 0.15) is 12.7 Å². The second kappa shape index (κ2) is 7.72. The first-order valence-electron chi connectivity index (χ1n) is 8.97. The van der Waals surface area contributed by atoms with Crippen LogP contribution in [0.2, 0.25) is 0 Å². The van der Waals surface area contributed by atoms with Gasteiger partial charge in [-0.25, -0.2) is 9.97 Å². The molecular formula is C17H25N5OS. The van der Waals surface area contributed by atoms with E-state index in [9.17, 15) is 0 Å². The van der Waals surface area contributed by atoms with Gasteiger partial charge in [0, 0.05) is 30.9 Å². The Bertz CT molecular complexity index is 623. The Kier molecular flexibility index (Phi) is 5.20. The van der Waals surface area contributed by atoms with Gasteiger partial charge in [-0.15, -0.1) is 11.3 Å². The molecule has 2 aliphatic rings. The van der Waals surface area contributed by atoms with Crippen LogP contribution in [0.3, 0.4) is 0 Å². The van der Waals surface area contributed by atoms with Gasteiger partial charge < -0.3 is 4.74 Å². The minimum atomic E-state index is 0.178. The summed E-state index contributed by atoms with van der Waals surface area (Å²) in [7, 11) is 0. The lowest BCUT2D eigenvalue weighted by Gasteiger charge is -2.32. The fourth-order valence-electron chi connectivity index (χ4n) is 3.73. The van der Waals surface area contributed by atoms with Crippen molar-refractivity contribution in [2.24, 2.45) is 0 Å². The van der Waals surface area contributed by atoms with Crippen LogP contribution >= 0.6 is 11.3 Å². The van der Waals surface area contributed by atoms with Gasteiger partial charge in [-0.2, -0.15) is 5.10 Å². The predicted octanol–water partition coefficient (Wildman–Crippen LogP) is 2.68. The summed E-state index contributed by atoms with van der Waals surface area (Å²) >= 11 is 1.86. The Morgan fingerprint density at radius 2 is 2.17 bits per heavy atom. The standard InChI is InChI=1S/C17H25N5OS/c1-2-4-14(5-3-1)17-20-15(11-24-17)8-21-6-7-23-16(9-21)10-22-13-18-12-19-22/h11-14,16H,1-10H2/t16-/m1/s1. The maximum Gasteiger partial charge on any atom is 0.137 e. The zero-order chi connectivity index (χ0) is 16.2. The number of rotatable bonds is 5. The van der Waals surface area contributed by atoms with Gasteiger partial charge >= 0.3 is 0 Å². The molecule has 2 fully saturated rings. The third kappa shape index (κ3) is 4.02. The van der Waals surface area contributed by atoms with Gasteiger partial charge in [-0.3, -0.25) is 9.58 Å². The van der Waals surface area contributed by atoms with Crippen molar-refractivity contribution in [1.82, 2.24) is 24.6 Å². The molecule has 0 N–H and O–H groups in total. The quantitative estimate of drug-likeness (QED) is 0.832. The Morgan fingerprint density at radius 3 is 3.00 bits per heavy atom. The van der Waals surface area contributed by atoms with E-state index < -0.39 is 0 Å². The van der Waals surface area contributed by atoms with Crippen LogP contribution in [0, 0.1) is 0 Å². The highest BCUT2D eigenvalue weighted by Crippen LogP contribution is 2.34. The summed E-state index contributed by atoms with van der Waals surface area (Å²) in [5.74, 6) is 0.710. The minimum Gasteiger partial charge on any atom is -0.374 e. The SMILES string of the molecule is c1ncn(C[C@H]2CN(Cc3csc(C4CCCCC4)n3)CCO2)n1. The van der Waals surface area contributed by atoms with E-state index in [4.69, 9.17) is 9.72 Å². The summed E-state index contributed by atoms with van der Waals surface area (Å²) in [5, 5.41) is 7.79. The Hall–Kier alpha value is -1.31. The fourth-order valence-corrected chi connectivity index (χ4v) is 4.71. The van der Waals surface area contributed by atoms with Crippen molar-refractivity contribution in [3.05, 3.63) is 28.7 Å². The Labute approximate surface area is 146 Å². The largest absolute Gasteiger partial charge is 0.374 e. The van der Waals surface area contributed by atoms with Crippen molar-refractivity contribution in [3.8, 4) is 0 Å². The van der Waals surface area contributed by atoms with E-state index in [0.717, 1.165) is 32.8 Å². The zero-order valence-electron chi connectivity index (χ0n) is 14.0. The maximum absolute atomic E-state index is 5.87. The van der Waals surface area contributed by atoms with Crippen LogP contribution in [-0.2, 0) is 17.8 Å². The first kappa shape index (κ1) is 16.2. The van der Waals surface area contributed by atoms with Crippen LogP contribution in [0.15, 0.2) is 18.0 Å². The van der Waals surface area contributed by atoms with E-state index in [2.05, 4.69) is 20.4 Å². The number of ether oxygens (including phenoxy) is 1. The molecule has 6 nitrogen and oxygen atoms in total. The van der Waals surface area contributed by atoms with Gasteiger partial charge in [0.15, 0.2) is 0 Å². The van der Waals surface area contributed by atoms with E-state index in [1.54, 1.807) is 12.7 Å². The molecular weight excluding hydrogens is 322 g/mol. The zero-order valence-corrected chi connectivity index (χ0v) is 14.8. The molecule has 0 spiro atoms. The lowest BCUT2D eigenvalue weighted by Crippen LogP contribution is -2.43. The van der Waals surface area contributed by atoms with Gasteiger partial charge in [0.25, 0.3) is 0 Å². The molecule has 130 valence electrons. The third-order valence-electron chi connectivity index (χ3n) is 4.99. The highest BCUT2D eigenvalue weighted by Gasteiger charge is 2.23. The van der Waals surface area contributed by atoms with Crippen molar-refractivity contribution in [2.75, 3.05) is 19.7 Å². The van der Waals surface area contributed by atoms with Crippen LogP contribution < -0.4 is 0 Å². The lowest BCUT2D eigenvalue weighted by molar-refractivity contribution is -0.0405. The van der Waals surface area contributed by atoms with Gasteiger partial charge in [0.2, 0.25) is 0 Å².